The summed E-state index contributed by atoms with van der Waals surface area (Å²) < 4.78 is 10.0. The summed E-state index contributed by atoms with van der Waals surface area (Å²) in [6, 6.07) is 19.6. The Morgan fingerprint density at radius 3 is 2.04 bits per heavy atom. The predicted molar refractivity (Wildman–Crippen MR) is 108 cm³/mol. The van der Waals surface area contributed by atoms with Crippen molar-refractivity contribution >= 4 is 18.0 Å². The van der Waals surface area contributed by atoms with E-state index in [0.29, 0.717) is 18.4 Å². The van der Waals surface area contributed by atoms with Crippen molar-refractivity contribution in [2.45, 2.75) is 12.8 Å². The first kappa shape index (κ1) is 19.6. The summed E-state index contributed by atoms with van der Waals surface area (Å²) in [6.07, 6.45) is 4.63. The van der Waals surface area contributed by atoms with Gasteiger partial charge in [0.1, 0.15) is 0 Å². The molecule has 0 aromatic heterocycles. The zero-order chi connectivity index (χ0) is 20.2. The fourth-order valence-corrected chi connectivity index (χ4v) is 3.95. The molecule has 3 rings (SSSR count). The molecule has 2 aromatic carbocycles. The van der Waals surface area contributed by atoms with Crippen molar-refractivity contribution in [2.24, 2.45) is 10.8 Å². The quantitative estimate of drug-likeness (QED) is 0.412. The Balaban J connectivity index is 2.01. The summed E-state index contributed by atoms with van der Waals surface area (Å²) in [6.45, 7) is 4.23. The van der Waals surface area contributed by atoms with E-state index in [1.54, 1.807) is 0 Å². The zero-order valence-corrected chi connectivity index (χ0v) is 16.2. The smallest absolute Gasteiger partial charge is 0.324 e. The lowest BCUT2D eigenvalue weighted by molar-refractivity contribution is -0.163. The first-order valence-electron chi connectivity index (χ1n) is 9.13. The molecule has 1 aliphatic rings. The Morgan fingerprint density at radius 1 is 0.964 bits per heavy atom. The van der Waals surface area contributed by atoms with E-state index in [2.05, 4.69) is 6.58 Å². The van der Waals surface area contributed by atoms with Gasteiger partial charge in [-0.3, -0.25) is 9.59 Å². The van der Waals surface area contributed by atoms with E-state index in [0.717, 1.165) is 11.1 Å². The molecule has 0 N–H and O–H groups in total. The lowest BCUT2D eigenvalue weighted by atomic mass is 9.80. The number of allylic oxidation sites excluding steroid dienone is 2. The van der Waals surface area contributed by atoms with Crippen LogP contribution in [0.3, 0.4) is 0 Å². The molecule has 1 aliphatic carbocycles. The van der Waals surface area contributed by atoms with Crippen molar-refractivity contribution < 1.29 is 19.1 Å². The molecule has 2 aromatic rings. The normalized spacial score (nSPS) is 19.8. The first-order chi connectivity index (χ1) is 13.5. The van der Waals surface area contributed by atoms with Gasteiger partial charge >= 0.3 is 11.9 Å². The third-order valence-corrected chi connectivity index (χ3v) is 5.57. The summed E-state index contributed by atoms with van der Waals surface area (Å²) in [5, 5.41) is 0. The van der Waals surface area contributed by atoms with Crippen LogP contribution in [-0.2, 0) is 25.5 Å². The minimum atomic E-state index is -1.37. The average Bonchev–Trinajstić information content (AvgIpc) is 3.43. The summed E-state index contributed by atoms with van der Waals surface area (Å²) in [5.41, 5.74) is 0.591. The molecule has 0 spiro atoms. The van der Waals surface area contributed by atoms with Gasteiger partial charge in [-0.15, -0.1) is 0 Å². The number of carbonyl (C=O) groups excluding carboxylic acids is 2. The lowest BCUT2D eigenvalue weighted by Crippen LogP contribution is -2.35. The van der Waals surface area contributed by atoms with Crippen LogP contribution in [0.1, 0.15) is 17.5 Å². The molecule has 144 valence electrons. The molecule has 0 radical (unpaired) electrons. The van der Waals surface area contributed by atoms with Crippen LogP contribution in [0.4, 0.5) is 0 Å². The number of ether oxygens (including phenoxy) is 2. The van der Waals surface area contributed by atoms with Crippen LogP contribution in [0, 0.1) is 10.8 Å². The third kappa shape index (κ3) is 3.26. The standard InChI is InChI=1S/C24H24O4/c1-18(14-15-19-10-6-4-7-11-19)23(16-20-12-8-5-9-13-20)17-24(23,21(25)27-2)22(26)28-3/h4-15H,1,16-17H2,2-3H3/b15-14+. The van der Waals surface area contributed by atoms with Crippen LogP contribution in [0.2, 0.25) is 0 Å². The Kier molecular flexibility index (Phi) is 5.50. The van der Waals surface area contributed by atoms with Crippen LogP contribution < -0.4 is 0 Å². The maximum atomic E-state index is 12.7. The Morgan fingerprint density at radius 2 is 1.50 bits per heavy atom. The molecule has 28 heavy (non-hydrogen) atoms. The van der Waals surface area contributed by atoms with Gasteiger partial charge in [-0.05, 0) is 29.5 Å². The van der Waals surface area contributed by atoms with Crippen molar-refractivity contribution in [1.29, 1.82) is 0 Å². The molecule has 4 heteroatoms. The fourth-order valence-electron chi connectivity index (χ4n) is 3.95. The molecule has 1 atom stereocenters. The molecule has 0 heterocycles. The number of methoxy groups -OCH3 is 2. The predicted octanol–water partition coefficient (Wildman–Crippen LogP) is 4.22. The average molecular weight is 376 g/mol. The first-order valence-corrected chi connectivity index (χ1v) is 9.13. The second-order valence-corrected chi connectivity index (χ2v) is 7.08. The van der Waals surface area contributed by atoms with E-state index in [1.807, 2.05) is 72.8 Å². The molecule has 0 saturated heterocycles. The minimum Gasteiger partial charge on any atom is -0.468 e. The van der Waals surface area contributed by atoms with Crippen LogP contribution >= 0.6 is 0 Å². The van der Waals surface area contributed by atoms with Gasteiger partial charge in [0.2, 0.25) is 0 Å². The minimum absolute atomic E-state index is 0.312. The van der Waals surface area contributed by atoms with Gasteiger partial charge in [0, 0.05) is 5.41 Å². The van der Waals surface area contributed by atoms with E-state index in [9.17, 15) is 9.59 Å². The SMILES string of the molecule is C=C(/C=C/c1ccccc1)C1(Cc2ccccc2)CC1(C(=O)OC)C(=O)OC. The second-order valence-electron chi connectivity index (χ2n) is 7.08. The van der Waals surface area contributed by atoms with Gasteiger partial charge in [0.25, 0.3) is 0 Å². The number of hydrogen-bond donors (Lipinski definition) is 0. The monoisotopic (exact) mass is 376 g/mol. The van der Waals surface area contributed by atoms with Crippen LogP contribution in [0.25, 0.3) is 6.08 Å². The number of benzene rings is 2. The fraction of sp³-hybridized carbons (Fsp3) is 0.250. The van der Waals surface area contributed by atoms with Gasteiger partial charge in [-0.2, -0.15) is 0 Å². The van der Waals surface area contributed by atoms with Gasteiger partial charge in [0.05, 0.1) is 14.2 Å². The number of esters is 2. The highest BCUT2D eigenvalue weighted by atomic mass is 16.5. The molecular weight excluding hydrogens is 352 g/mol. The molecule has 1 unspecified atom stereocenters. The second kappa shape index (κ2) is 7.85. The maximum absolute atomic E-state index is 12.7. The van der Waals surface area contributed by atoms with Gasteiger partial charge in [0.15, 0.2) is 5.41 Å². The molecule has 0 amide bonds. The van der Waals surface area contributed by atoms with Crippen LogP contribution in [0.15, 0.2) is 78.9 Å². The largest absolute Gasteiger partial charge is 0.468 e. The molecule has 1 fully saturated rings. The molecule has 0 bridgehead atoms. The zero-order valence-electron chi connectivity index (χ0n) is 16.2. The highest BCUT2D eigenvalue weighted by Crippen LogP contribution is 2.70. The van der Waals surface area contributed by atoms with E-state index < -0.39 is 22.8 Å². The maximum Gasteiger partial charge on any atom is 0.324 e. The molecule has 0 aliphatic heterocycles. The van der Waals surface area contributed by atoms with Crippen LogP contribution in [0.5, 0.6) is 0 Å². The third-order valence-electron chi connectivity index (χ3n) is 5.57. The van der Waals surface area contributed by atoms with Crippen molar-refractivity contribution in [3.8, 4) is 0 Å². The van der Waals surface area contributed by atoms with E-state index in [-0.39, 0.29) is 0 Å². The number of hydrogen-bond acceptors (Lipinski definition) is 4. The van der Waals surface area contributed by atoms with Gasteiger partial charge < -0.3 is 9.47 Å². The Bertz CT molecular complexity index is 883. The van der Waals surface area contributed by atoms with E-state index >= 15 is 0 Å². The highest BCUT2D eigenvalue weighted by molar-refractivity contribution is 6.06. The van der Waals surface area contributed by atoms with Crippen LogP contribution in [-0.4, -0.2) is 26.2 Å². The topological polar surface area (TPSA) is 52.6 Å². The molecule has 4 nitrogen and oxygen atoms in total. The summed E-state index contributed by atoms with van der Waals surface area (Å²) in [7, 11) is 2.59. The van der Waals surface area contributed by atoms with Crippen molar-refractivity contribution in [1.82, 2.24) is 0 Å². The summed E-state index contributed by atoms with van der Waals surface area (Å²) >= 11 is 0. The number of rotatable bonds is 7. The number of carbonyl (C=O) groups is 2. The van der Waals surface area contributed by atoms with Gasteiger partial charge in [-0.1, -0.05) is 79.4 Å². The van der Waals surface area contributed by atoms with Crippen molar-refractivity contribution in [2.75, 3.05) is 14.2 Å². The van der Waals surface area contributed by atoms with Crippen molar-refractivity contribution in [3.05, 3.63) is 90.0 Å². The van der Waals surface area contributed by atoms with E-state index in [4.69, 9.17) is 9.47 Å². The summed E-state index contributed by atoms with van der Waals surface area (Å²) in [5.74, 6) is -1.16. The highest BCUT2D eigenvalue weighted by Gasteiger charge is 2.78. The molecule has 1 saturated carbocycles. The Labute approximate surface area is 165 Å². The molecular formula is C24H24O4. The Hall–Kier alpha value is -3.14. The lowest BCUT2D eigenvalue weighted by Gasteiger charge is -2.23. The van der Waals surface area contributed by atoms with Gasteiger partial charge in [-0.25, -0.2) is 0 Å². The summed E-state index contributed by atoms with van der Waals surface area (Å²) in [4.78, 5) is 25.4. The van der Waals surface area contributed by atoms with Crippen molar-refractivity contribution in [3.63, 3.8) is 0 Å². The van der Waals surface area contributed by atoms with E-state index in [1.165, 1.54) is 14.2 Å².